The molecule has 18 heavy (non-hydrogen) atoms. The third kappa shape index (κ3) is 4.99. The Bertz CT molecular complexity index is 288. The van der Waals surface area contributed by atoms with Crippen LogP contribution >= 0.6 is 0 Å². The van der Waals surface area contributed by atoms with Gasteiger partial charge in [-0.3, -0.25) is 9.69 Å². The molecular formula is C11H21N3O4. The Kier molecular flexibility index (Phi) is 6.03. The summed E-state index contributed by atoms with van der Waals surface area (Å²) >= 11 is 0. The molecule has 7 heteroatoms. The van der Waals surface area contributed by atoms with Gasteiger partial charge in [-0.05, 0) is 26.4 Å². The van der Waals surface area contributed by atoms with Crippen LogP contribution in [-0.4, -0.2) is 71.9 Å². The molecule has 0 aromatic rings. The molecule has 104 valence electrons. The highest BCUT2D eigenvalue weighted by Crippen LogP contribution is 1.97. The van der Waals surface area contributed by atoms with Crippen molar-refractivity contribution < 1.29 is 19.8 Å². The lowest BCUT2D eigenvalue weighted by molar-refractivity contribution is -0.144. The van der Waals surface area contributed by atoms with Crippen molar-refractivity contribution in [3.05, 3.63) is 0 Å². The molecule has 1 heterocycles. The Balaban J connectivity index is 2.41. The molecule has 1 aliphatic rings. The number of carboxylic acids is 1. The van der Waals surface area contributed by atoms with Gasteiger partial charge < -0.3 is 20.8 Å². The van der Waals surface area contributed by atoms with Gasteiger partial charge in [0.15, 0.2) is 6.04 Å². The summed E-state index contributed by atoms with van der Waals surface area (Å²) in [6.45, 7) is 4.84. The average molecular weight is 259 g/mol. The summed E-state index contributed by atoms with van der Waals surface area (Å²) < 4.78 is 0. The van der Waals surface area contributed by atoms with Gasteiger partial charge in [-0.2, -0.15) is 0 Å². The molecule has 0 saturated carbocycles. The molecule has 2 unspecified atom stereocenters. The van der Waals surface area contributed by atoms with Crippen LogP contribution in [-0.2, 0) is 9.59 Å². The molecule has 0 aliphatic carbocycles. The van der Waals surface area contributed by atoms with Crippen molar-refractivity contribution in [2.45, 2.75) is 25.5 Å². The molecule has 1 amide bonds. The third-order valence-electron chi connectivity index (χ3n) is 2.86. The fourth-order valence-corrected chi connectivity index (χ4v) is 1.87. The first-order valence-corrected chi connectivity index (χ1v) is 6.14. The zero-order valence-electron chi connectivity index (χ0n) is 10.6. The van der Waals surface area contributed by atoms with Crippen LogP contribution < -0.4 is 10.6 Å². The van der Waals surface area contributed by atoms with Crippen molar-refractivity contribution in [1.82, 2.24) is 15.5 Å². The SMILES string of the molecule is CC(O)C(NC(=O)CN1CCCNCC1)C(=O)O. The molecular weight excluding hydrogens is 238 g/mol. The summed E-state index contributed by atoms with van der Waals surface area (Å²) in [5.74, 6) is -1.60. The fourth-order valence-electron chi connectivity index (χ4n) is 1.87. The number of nitrogens with zero attached hydrogens (tertiary/aromatic N) is 1. The maximum Gasteiger partial charge on any atom is 0.328 e. The lowest BCUT2D eigenvalue weighted by Gasteiger charge is -2.21. The van der Waals surface area contributed by atoms with Crippen LogP contribution in [0.15, 0.2) is 0 Å². The van der Waals surface area contributed by atoms with E-state index in [0.717, 1.165) is 32.6 Å². The molecule has 2 atom stereocenters. The van der Waals surface area contributed by atoms with Crippen LogP contribution in [0.3, 0.4) is 0 Å². The monoisotopic (exact) mass is 259 g/mol. The number of amides is 1. The molecule has 1 fully saturated rings. The number of rotatable bonds is 5. The largest absolute Gasteiger partial charge is 0.480 e. The quantitative estimate of drug-likeness (QED) is 0.466. The maximum absolute atomic E-state index is 11.7. The Morgan fingerprint density at radius 3 is 2.72 bits per heavy atom. The number of carbonyl (C=O) groups is 2. The highest BCUT2D eigenvalue weighted by Gasteiger charge is 2.25. The number of nitrogens with one attached hydrogen (secondary N) is 2. The maximum atomic E-state index is 11.7. The average Bonchev–Trinajstić information content (AvgIpc) is 2.53. The number of aliphatic hydroxyl groups is 1. The Morgan fingerprint density at radius 1 is 1.39 bits per heavy atom. The van der Waals surface area contributed by atoms with Crippen molar-refractivity contribution >= 4 is 11.9 Å². The van der Waals surface area contributed by atoms with Gasteiger partial charge in [0.2, 0.25) is 5.91 Å². The van der Waals surface area contributed by atoms with Crippen LogP contribution in [0.25, 0.3) is 0 Å². The zero-order valence-corrected chi connectivity index (χ0v) is 10.6. The molecule has 0 bridgehead atoms. The van der Waals surface area contributed by atoms with E-state index < -0.39 is 18.1 Å². The summed E-state index contributed by atoms with van der Waals surface area (Å²) in [4.78, 5) is 24.5. The zero-order chi connectivity index (χ0) is 13.5. The van der Waals surface area contributed by atoms with E-state index in [9.17, 15) is 14.7 Å². The number of aliphatic carboxylic acids is 1. The van der Waals surface area contributed by atoms with E-state index >= 15 is 0 Å². The summed E-state index contributed by atoms with van der Waals surface area (Å²) in [5, 5.41) is 23.7. The Morgan fingerprint density at radius 2 is 2.11 bits per heavy atom. The predicted molar refractivity (Wildman–Crippen MR) is 65.2 cm³/mol. The normalized spacial score (nSPS) is 20.8. The smallest absolute Gasteiger partial charge is 0.328 e. The summed E-state index contributed by atoms with van der Waals surface area (Å²) in [7, 11) is 0. The van der Waals surface area contributed by atoms with Gasteiger partial charge in [0, 0.05) is 13.1 Å². The van der Waals surface area contributed by atoms with E-state index in [-0.39, 0.29) is 12.5 Å². The minimum Gasteiger partial charge on any atom is -0.480 e. The van der Waals surface area contributed by atoms with Crippen LogP contribution in [0.5, 0.6) is 0 Å². The van der Waals surface area contributed by atoms with Crippen molar-refractivity contribution in [3.8, 4) is 0 Å². The fraction of sp³-hybridized carbons (Fsp3) is 0.818. The molecule has 0 radical (unpaired) electrons. The molecule has 0 aromatic heterocycles. The minimum absolute atomic E-state index is 0.165. The molecule has 0 aromatic carbocycles. The second-order valence-corrected chi connectivity index (χ2v) is 4.50. The van der Waals surface area contributed by atoms with Gasteiger partial charge in [-0.15, -0.1) is 0 Å². The summed E-state index contributed by atoms with van der Waals surface area (Å²) in [6.07, 6.45) is -0.149. The van der Waals surface area contributed by atoms with Crippen LogP contribution in [0.2, 0.25) is 0 Å². The van der Waals surface area contributed by atoms with Crippen molar-refractivity contribution in [3.63, 3.8) is 0 Å². The topological polar surface area (TPSA) is 102 Å². The first-order valence-electron chi connectivity index (χ1n) is 6.14. The third-order valence-corrected chi connectivity index (χ3v) is 2.86. The molecule has 4 N–H and O–H groups in total. The highest BCUT2D eigenvalue weighted by molar-refractivity contribution is 5.85. The highest BCUT2D eigenvalue weighted by atomic mass is 16.4. The van der Waals surface area contributed by atoms with E-state index in [2.05, 4.69) is 10.6 Å². The lowest BCUT2D eigenvalue weighted by Crippen LogP contribution is -2.50. The summed E-state index contributed by atoms with van der Waals surface area (Å²) in [6, 6.07) is -1.25. The standard InChI is InChI=1S/C11H21N3O4/c1-8(15)10(11(17)18)13-9(16)7-14-5-2-3-12-4-6-14/h8,10,12,15H,2-7H2,1H3,(H,13,16)(H,17,18). The van der Waals surface area contributed by atoms with Gasteiger partial charge in [-0.25, -0.2) is 4.79 Å². The van der Waals surface area contributed by atoms with Gasteiger partial charge in [0.25, 0.3) is 0 Å². The van der Waals surface area contributed by atoms with Gasteiger partial charge >= 0.3 is 5.97 Å². The van der Waals surface area contributed by atoms with E-state index in [1.165, 1.54) is 6.92 Å². The van der Waals surface area contributed by atoms with Crippen LogP contribution in [0.1, 0.15) is 13.3 Å². The molecule has 0 spiro atoms. The van der Waals surface area contributed by atoms with Crippen LogP contribution in [0, 0.1) is 0 Å². The first kappa shape index (κ1) is 14.9. The number of aliphatic hydroxyl groups excluding tert-OH is 1. The van der Waals surface area contributed by atoms with Gasteiger partial charge in [0.1, 0.15) is 0 Å². The van der Waals surface area contributed by atoms with Gasteiger partial charge in [0.05, 0.1) is 12.6 Å². The van der Waals surface area contributed by atoms with Crippen LogP contribution in [0.4, 0.5) is 0 Å². The molecule has 7 nitrogen and oxygen atoms in total. The Labute approximate surface area is 106 Å². The summed E-state index contributed by atoms with van der Waals surface area (Å²) in [5.41, 5.74) is 0. The number of carbonyl (C=O) groups excluding carboxylic acids is 1. The van der Waals surface area contributed by atoms with E-state index in [1.807, 2.05) is 4.90 Å². The second-order valence-electron chi connectivity index (χ2n) is 4.50. The minimum atomic E-state index is -1.25. The predicted octanol–water partition coefficient (Wildman–Crippen LogP) is -1.77. The first-order chi connectivity index (χ1) is 8.50. The number of carboxylic acid groups (broad SMARTS) is 1. The molecule has 1 saturated heterocycles. The second kappa shape index (κ2) is 7.30. The van der Waals surface area contributed by atoms with Crippen molar-refractivity contribution in [2.75, 3.05) is 32.7 Å². The van der Waals surface area contributed by atoms with E-state index in [0.29, 0.717) is 0 Å². The number of hydrogen-bond acceptors (Lipinski definition) is 5. The van der Waals surface area contributed by atoms with Crippen molar-refractivity contribution in [1.29, 1.82) is 0 Å². The van der Waals surface area contributed by atoms with Gasteiger partial charge in [-0.1, -0.05) is 0 Å². The van der Waals surface area contributed by atoms with E-state index in [4.69, 9.17) is 5.11 Å². The number of hydrogen-bond donors (Lipinski definition) is 4. The van der Waals surface area contributed by atoms with E-state index in [1.54, 1.807) is 0 Å². The lowest BCUT2D eigenvalue weighted by atomic mass is 10.2. The van der Waals surface area contributed by atoms with Crippen molar-refractivity contribution in [2.24, 2.45) is 0 Å². The Hall–Kier alpha value is -1.18. The molecule has 1 rings (SSSR count). The molecule has 1 aliphatic heterocycles.